The minimum absolute atomic E-state index is 0.0714. The fourth-order valence-electron chi connectivity index (χ4n) is 3.60. The Balaban J connectivity index is 1.40. The SMILES string of the molecule is NC[C@H](NC(=O)OCc1ccccc1)C(=O)Nc1ccc2nc(N3CCNCC3)[nH]c(=O)c2c1. The molecule has 11 nitrogen and oxygen atoms in total. The van der Waals surface area contributed by atoms with Crippen molar-refractivity contribution in [1.29, 1.82) is 0 Å². The van der Waals surface area contributed by atoms with Crippen molar-refractivity contribution >= 4 is 34.5 Å². The van der Waals surface area contributed by atoms with E-state index in [9.17, 15) is 14.4 Å². The summed E-state index contributed by atoms with van der Waals surface area (Å²) in [5, 5.41) is 8.74. The summed E-state index contributed by atoms with van der Waals surface area (Å²) in [7, 11) is 0. The van der Waals surface area contributed by atoms with Crippen LogP contribution in [0.1, 0.15) is 5.56 Å². The van der Waals surface area contributed by atoms with Crippen LogP contribution in [0.3, 0.4) is 0 Å². The third-order valence-corrected chi connectivity index (χ3v) is 5.43. The maximum Gasteiger partial charge on any atom is 0.408 e. The summed E-state index contributed by atoms with van der Waals surface area (Å²) in [6.07, 6.45) is -0.756. The lowest BCUT2D eigenvalue weighted by Crippen LogP contribution is -2.48. The molecule has 0 saturated carbocycles. The molecule has 2 amide bonds. The molecule has 178 valence electrons. The van der Waals surface area contributed by atoms with E-state index in [1.807, 2.05) is 35.2 Å². The van der Waals surface area contributed by atoms with Crippen LogP contribution in [-0.4, -0.2) is 60.7 Å². The van der Waals surface area contributed by atoms with Crippen LogP contribution in [0.2, 0.25) is 0 Å². The molecular formula is C23H27N7O4. The molecule has 0 aliphatic carbocycles. The Labute approximate surface area is 195 Å². The van der Waals surface area contributed by atoms with Crippen LogP contribution >= 0.6 is 0 Å². The number of alkyl carbamates (subject to hydrolysis) is 1. The Kier molecular flexibility index (Phi) is 7.35. The number of hydrogen-bond acceptors (Lipinski definition) is 8. The number of ether oxygens (including phenoxy) is 1. The number of anilines is 2. The number of H-pyrrole nitrogens is 1. The summed E-state index contributed by atoms with van der Waals surface area (Å²) in [5.74, 6) is -0.00228. The highest BCUT2D eigenvalue weighted by Gasteiger charge is 2.21. The van der Waals surface area contributed by atoms with Gasteiger partial charge in [-0.15, -0.1) is 0 Å². The van der Waals surface area contributed by atoms with Crippen molar-refractivity contribution in [1.82, 2.24) is 20.6 Å². The van der Waals surface area contributed by atoms with Crippen LogP contribution in [-0.2, 0) is 16.1 Å². The van der Waals surface area contributed by atoms with Crippen molar-refractivity contribution in [3.8, 4) is 0 Å². The third-order valence-electron chi connectivity index (χ3n) is 5.43. The van der Waals surface area contributed by atoms with Gasteiger partial charge in [-0.2, -0.15) is 0 Å². The molecule has 4 rings (SSSR count). The summed E-state index contributed by atoms with van der Waals surface area (Å²) in [5.41, 5.74) is 7.11. The minimum atomic E-state index is -1.01. The average Bonchev–Trinajstić information content (AvgIpc) is 2.87. The van der Waals surface area contributed by atoms with Gasteiger partial charge in [-0.3, -0.25) is 14.6 Å². The van der Waals surface area contributed by atoms with Crippen molar-refractivity contribution in [2.45, 2.75) is 12.6 Å². The van der Waals surface area contributed by atoms with Gasteiger partial charge in [0, 0.05) is 38.4 Å². The smallest absolute Gasteiger partial charge is 0.408 e. The van der Waals surface area contributed by atoms with E-state index in [2.05, 4.69) is 25.9 Å². The number of carbonyl (C=O) groups is 2. The topological polar surface area (TPSA) is 154 Å². The van der Waals surface area contributed by atoms with E-state index in [-0.39, 0.29) is 18.7 Å². The van der Waals surface area contributed by atoms with E-state index in [0.29, 0.717) is 22.5 Å². The molecule has 0 radical (unpaired) electrons. The molecular weight excluding hydrogens is 438 g/mol. The lowest BCUT2D eigenvalue weighted by Gasteiger charge is -2.27. The van der Waals surface area contributed by atoms with Crippen molar-refractivity contribution in [2.75, 3.05) is 42.9 Å². The fourth-order valence-corrected chi connectivity index (χ4v) is 3.60. The average molecular weight is 466 g/mol. The van der Waals surface area contributed by atoms with Crippen LogP contribution in [0.25, 0.3) is 10.9 Å². The van der Waals surface area contributed by atoms with Gasteiger partial charge < -0.3 is 31.3 Å². The zero-order valence-corrected chi connectivity index (χ0v) is 18.5. The van der Waals surface area contributed by atoms with Gasteiger partial charge in [0.05, 0.1) is 10.9 Å². The molecule has 0 unspecified atom stereocenters. The predicted octanol–water partition coefficient (Wildman–Crippen LogP) is 0.525. The molecule has 11 heteroatoms. The standard InChI is InChI=1S/C23H27N7O4/c24-13-19(28-23(33)34-14-15-4-2-1-3-5-15)21(32)26-16-6-7-18-17(12-16)20(31)29-22(27-18)30-10-8-25-9-11-30/h1-7,12,19,25H,8-11,13-14,24H2,(H,26,32)(H,28,33)(H,27,29,31)/t19-/m0/s1. The van der Waals surface area contributed by atoms with Gasteiger partial charge in [-0.05, 0) is 23.8 Å². The first-order valence-corrected chi connectivity index (χ1v) is 11.0. The highest BCUT2D eigenvalue weighted by atomic mass is 16.5. The number of nitrogens with two attached hydrogens (primary N) is 1. The number of piperazine rings is 1. The van der Waals surface area contributed by atoms with E-state index in [4.69, 9.17) is 10.5 Å². The van der Waals surface area contributed by atoms with Crippen LogP contribution in [0.15, 0.2) is 53.3 Å². The normalized spacial score (nSPS) is 14.4. The molecule has 1 aromatic heterocycles. The van der Waals surface area contributed by atoms with E-state index in [1.54, 1.807) is 18.2 Å². The number of aromatic nitrogens is 2. The first-order valence-electron chi connectivity index (χ1n) is 11.0. The Morgan fingerprint density at radius 2 is 1.91 bits per heavy atom. The number of carbonyl (C=O) groups excluding carboxylic acids is 2. The Hall–Kier alpha value is -3.96. The zero-order valence-electron chi connectivity index (χ0n) is 18.5. The van der Waals surface area contributed by atoms with E-state index >= 15 is 0 Å². The van der Waals surface area contributed by atoms with Crippen LogP contribution in [0.4, 0.5) is 16.4 Å². The largest absolute Gasteiger partial charge is 0.445 e. The second-order valence-corrected chi connectivity index (χ2v) is 7.84. The summed E-state index contributed by atoms with van der Waals surface area (Å²) < 4.78 is 5.15. The molecule has 3 aromatic rings. The van der Waals surface area contributed by atoms with Crippen LogP contribution < -0.4 is 32.1 Å². The number of nitrogens with one attached hydrogen (secondary N) is 4. The molecule has 1 atom stereocenters. The number of aromatic amines is 1. The van der Waals surface area contributed by atoms with Crippen LogP contribution in [0, 0.1) is 0 Å². The van der Waals surface area contributed by atoms with Gasteiger partial charge in [0.25, 0.3) is 5.56 Å². The van der Waals surface area contributed by atoms with Crippen molar-refractivity contribution in [3.05, 3.63) is 64.4 Å². The number of nitrogens with zero attached hydrogens (tertiary/aromatic N) is 2. The number of amides is 2. The third kappa shape index (κ3) is 5.69. The summed E-state index contributed by atoms with van der Waals surface area (Å²) in [4.78, 5) is 46.8. The van der Waals surface area contributed by atoms with Gasteiger partial charge in [-0.25, -0.2) is 9.78 Å². The van der Waals surface area contributed by atoms with Crippen molar-refractivity contribution in [3.63, 3.8) is 0 Å². The monoisotopic (exact) mass is 465 g/mol. The van der Waals surface area contributed by atoms with Crippen LogP contribution in [0.5, 0.6) is 0 Å². The number of fused-ring (bicyclic) bond motifs is 1. The van der Waals surface area contributed by atoms with Gasteiger partial charge in [0.1, 0.15) is 12.6 Å². The first kappa shape index (κ1) is 23.2. The molecule has 0 bridgehead atoms. The van der Waals surface area contributed by atoms with E-state index in [0.717, 1.165) is 31.7 Å². The van der Waals surface area contributed by atoms with Gasteiger partial charge in [-0.1, -0.05) is 30.3 Å². The molecule has 2 aromatic carbocycles. The lowest BCUT2D eigenvalue weighted by molar-refractivity contribution is -0.117. The van der Waals surface area contributed by atoms with Crippen molar-refractivity contribution in [2.24, 2.45) is 5.73 Å². The number of rotatable bonds is 7. The molecule has 2 heterocycles. The second kappa shape index (κ2) is 10.8. The van der Waals surface area contributed by atoms with Gasteiger partial charge in [0.2, 0.25) is 11.9 Å². The maximum atomic E-state index is 12.7. The van der Waals surface area contributed by atoms with Crippen molar-refractivity contribution < 1.29 is 14.3 Å². The van der Waals surface area contributed by atoms with E-state index < -0.39 is 18.0 Å². The second-order valence-electron chi connectivity index (χ2n) is 7.84. The predicted molar refractivity (Wildman–Crippen MR) is 129 cm³/mol. The fraction of sp³-hybridized carbons (Fsp3) is 0.304. The Bertz CT molecular complexity index is 1210. The highest BCUT2D eigenvalue weighted by molar-refractivity contribution is 5.98. The summed E-state index contributed by atoms with van der Waals surface area (Å²) in [6.45, 7) is 3.09. The quantitative estimate of drug-likeness (QED) is 0.338. The summed E-state index contributed by atoms with van der Waals surface area (Å²) >= 11 is 0. The molecule has 34 heavy (non-hydrogen) atoms. The number of benzene rings is 2. The molecule has 1 fully saturated rings. The van der Waals surface area contributed by atoms with Gasteiger partial charge in [0.15, 0.2) is 0 Å². The minimum Gasteiger partial charge on any atom is -0.445 e. The Morgan fingerprint density at radius 3 is 2.65 bits per heavy atom. The molecule has 0 spiro atoms. The Morgan fingerprint density at radius 1 is 1.15 bits per heavy atom. The van der Waals surface area contributed by atoms with E-state index in [1.165, 1.54) is 0 Å². The maximum absolute atomic E-state index is 12.7. The molecule has 1 aliphatic rings. The molecule has 1 aliphatic heterocycles. The lowest BCUT2D eigenvalue weighted by atomic mass is 10.2. The number of hydrogen-bond donors (Lipinski definition) is 5. The molecule has 1 saturated heterocycles. The summed E-state index contributed by atoms with van der Waals surface area (Å²) in [6, 6.07) is 13.0. The highest BCUT2D eigenvalue weighted by Crippen LogP contribution is 2.17. The molecule has 6 N–H and O–H groups in total. The van der Waals surface area contributed by atoms with Gasteiger partial charge >= 0.3 is 6.09 Å². The first-order chi connectivity index (χ1) is 16.5. The zero-order chi connectivity index (χ0) is 23.9.